The molecule has 0 fully saturated rings. The Morgan fingerprint density at radius 2 is 0.986 bits per heavy atom. The lowest BCUT2D eigenvalue weighted by atomic mass is 9.68. The number of ketones is 1. The topological polar surface area (TPSA) is 112 Å². The first-order valence-electron chi connectivity index (χ1n) is 47.5. The number of aryl methyl sites for hydroxylation is 1. The van der Waals surface area contributed by atoms with E-state index in [2.05, 4.69) is 353 Å². The molecule has 8 aliphatic rings. The lowest BCUT2D eigenvalue weighted by Crippen LogP contribution is -2.39. The van der Waals surface area contributed by atoms with Crippen LogP contribution >= 0.6 is 11.3 Å². The van der Waals surface area contributed by atoms with Gasteiger partial charge >= 0.3 is 31.8 Å². The molecule has 3 aromatic heterocycles. The Morgan fingerprint density at radius 3 is 1.71 bits per heavy atom. The van der Waals surface area contributed by atoms with Crippen molar-refractivity contribution in [2.24, 2.45) is 0 Å². The summed E-state index contributed by atoms with van der Waals surface area (Å²) < 4.78 is 38.6. The van der Waals surface area contributed by atoms with Crippen LogP contribution in [-0.4, -0.2) is 60.7 Å². The van der Waals surface area contributed by atoms with Crippen molar-refractivity contribution < 1.29 is 33.7 Å². The van der Waals surface area contributed by atoms with Gasteiger partial charge in [-0.15, -0.1) is 4.57 Å². The van der Waals surface area contributed by atoms with Crippen LogP contribution in [0.5, 0.6) is 28.7 Å². The van der Waals surface area contributed by atoms with Crippen LogP contribution in [0.2, 0.25) is 0 Å². The Labute approximate surface area is 829 Å². The Morgan fingerprint density at radius 1 is 0.429 bits per heavy atom. The molecule has 12 nitrogen and oxygen atoms in total. The number of Topliss-reactive ketones (excluding diaryl/α,β-unsaturated/α-hetero) is 1. The molecule has 0 bridgehead atoms. The van der Waals surface area contributed by atoms with Gasteiger partial charge in [0.05, 0.1) is 50.6 Å². The van der Waals surface area contributed by atoms with Crippen LogP contribution in [0.3, 0.4) is 0 Å². The number of rotatable bonds is 12. The standard InChI is InChI=1S/C51H32O.C16H12O.C15H14N2.C14H10NOS.C13H9NO2.C10H9NO.C6H6O.2Al/c52-49(31-25-27-39-37-17-5-11-23-45(37)50(47(39)29-31)41-19-7-1-13-33(41)34-14-2-8-20-42(34)50)32-26-28-40-38-18-6-12-24-46(38)51(48(40)30-32)43-21-9-3-15-35(43)36-16-4-10-22-44(36)51;17-16-9-8-14-10-13(6-7-15(14)11-16)12-4-2-1-3-5-12;1-16-13-8-4-5-9-14(13)17-12-7-3-2-6-11(12)10-15(16)17;1-3-7-12-10(5-1)14-15(9-16-12)11-6-2-4-8-13(11)17-14;15-11-7-3-1-5-9(11)13-14-10-6-2-4-8-12(10)16-13;1-7-5-6-8-3-2-4-9(12)10(8)11-7;7-6-4-2-1-3-5-6;;/h1-27,29-30,40H,28H2;1-11,17H;2-9,15H,10H2,1H3;1-8H,9H2;1-8,15H;2-6,12H,1H3;1-5,7H;;/q;;;+1;;;;2*+2/p-4. The van der Waals surface area contributed by atoms with Crippen molar-refractivity contribution in [1.29, 1.82) is 0 Å². The minimum atomic E-state index is -0.694. The van der Waals surface area contributed by atoms with Crippen molar-refractivity contribution in [3.8, 4) is 95.3 Å². The Balaban J connectivity index is 0.0000000998. The number of likely N-dealkylation sites (N-methyl/N-ethyl adjacent to an activating group) is 1. The van der Waals surface area contributed by atoms with E-state index in [9.17, 15) is 0 Å². The lowest BCUT2D eigenvalue weighted by Gasteiger charge is -2.33. The summed E-state index contributed by atoms with van der Waals surface area (Å²) in [6.07, 6.45) is 6.85. The number of para-hydroxylation sites is 10. The summed E-state index contributed by atoms with van der Waals surface area (Å²) in [4.78, 5) is 29.0. The Kier molecular flexibility index (Phi) is 22.0. The summed E-state index contributed by atoms with van der Waals surface area (Å²) in [5.41, 5.74) is 34.6. The number of carbonyl (C=O) groups is 1. The van der Waals surface area contributed by atoms with Crippen LogP contribution < -0.4 is 34.3 Å². The number of benzene rings is 18. The van der Waals surface area contributed by atoms with Crippen LogP contribution in [0.25, 0.3) is 110 Å². The van der Waals surface area contributed by atoms with Gasteiger partial charge in [0.15, 0.2) is 11.4 Å². The van der Waals surface area contributed by atoms with Gasteiger partial charge in [-0.2, -0.15) is 0 Å². The van der Waals surface area contributed by atoms with Gasteiger partial charge in [0.25, 0.3) is 11.7 Å². The monoisotopic (exact) mass is 1860 g/mol. The number of pyridine rings is 1. The molecule has 18 aromatic carbocycles. The van der Waals surface area contributed by atoms with Gasteiger partial charge in [-0.25, -0.2) is 9.97 Å². The third-order valence-electron chi connectivity index (χ3n) is 28.5. The number of nitrogens with zero attached hydrogens (tertiary/aromatic N) is 5. The maximum Gasteiger partial charge on any atom is 0.881 e. The highest BCUT2D eigenvalue weighted by molar-refractivity contribution is 7.21. The molecule has 5 aliphatic carbocycles. The molecule has 6 heterocycles. The van der Waals surface area contributed by atoms with Gasteiger partial charge in [0.2, 0.25) is 11.4 Å². The number of hydrogen-bond donors (Lipinski definition) is 0. The van der Waals surface area contributed by atoms with Crippen molar-refractivity contribution in [2.75, 3.05) is 16.8 Å². The zero-order valence-electron chi connectivity index (χ0n) is 76.7. The van der Waals surface area contributed by atoms with Crippen LogP contribution in [0.4, 0.5) is 17.1 Å². The molecule has 140 heavy (non-hydrogen) atoms. The SMILES string of the molecule is CN1c2ccccc2N2c3ccccc3CC12.Cc1ccc2cccc([O][Al][O]c3ccc4cc(-c5ccccc5)ccc4c3)c2n1.O=C(C1=CCC2C(=C1)C1(c3ccccc3-c3ccccc31)c1ccccc12)c1ccc2c(c1)C1(c3ccccc3-c3ccccc31)c1ccccc1-2.c1ccc([O][Al][O]c2ccccc2-c2nc3ccccc3o2)cc1.c1ccc2c(c1)OC[n+]1c-2sc2ccccc21. The van der Waals surface area contributed by atoms with Crippen LogP contribution in [0, 0.1) is 6.92 Å². The molecule has 666 valence electrons. The number of aromatic nitrogens is 3. The first-order valence-corrected chi connectivity index (χ1v) is 50.2. The lowest BCUT2D eigenvalue weighted by molar-refractivity contribution is -0.689. The second-order valence-corrected chi connectivity index (χ2v) is 38.5. The van der Waals surface area contributed by atoms with Gasteiger partial charge in [0, 0.05) is 53.4 Å². The molecular formula is C125H88Al2N5O7S+. The van der Waals surface area contributed by atoms with E-state index in [4.69, 9.17) is 24.3 Å². The summed E-state index contributed by atoms with van der Waals surface area (Å²) >= 11 is 0.450. The Bertz CT molecular complexity index is 8400. The number of oxazole rings is 1. The van der Waals surface area contributed by atoms with Gasteiger partial charge < -0.3 is 34.1 Å². The van der Waals surface area contributed by atoms with Crippen LogP contribution in [0.15, 0.2) is 464 Å². The molecule has 29 rings (SSSR count). The highest BCUT2D eigenvalue weighted by Crippen LogP contribution is 2.67. The van der Waals surface area contributed by atoms with Crippen molar-refractivity contribution in [3.63, 3.8) is 0 Å². The number of fused-ring (bicyclic) bond motifs is 33. The van der Waals surface area contributed by atoms with Crippen molar-refractivity contribution in [2.45, 2.75) is 49.4 Å². The predicted octanol–water partition coefficient (Wildman–Crippen LogP) is 28.8. The smallest absolute Gasteiger partial charge is 0.616 e. The summed E-state index contributed by atoms with van der Waals surface area (Å²) in [7, 11) is 2.19. The van der Waals surface area contributed by atoms with Gasteiger partial charge in [0.1, 0.15) is 33.4 Å². The van der Waals surface area contributed by atoms with Crippen molar-refractivity contribution >= 4 is 109 Å². The van der Waals surface area contributed by atoms with Crippen molar-refractivity contribution in [3.05, 3.63) is 521 Å². The van der Waals surface area contributed by atoms with Crippen LogP contribution in [-0.2, 0) is 24.0 Å². The minimum absolute atomic E-state index is 0.0881. The molecule has 21 aromatic rings. The zero-order valence-corrected chi connectivity index (χ0v) is 79.8. The van der Waals surface area contributed by atoms with Gasteiger partial charge in [-0.05, 0) is 240 Å². The average molecular weight is 1860 g/mol. The first-order chi connectivity index (χ1) is 69.2. The number of hydrogen-bond acceptors (Lipinski definition) is 12. The molecule has 0 saturated heterocycles. The normalized spacial score (nSPS) is 14.8. The van der Waals surface area contributed by atoms with Gasteiger partial charge in [-0.3, -0.25) is 4.79 Å². The van der Waals surface area contributed by atoms with E-state index >= 15 is 4.79 Å². The maximum atomic E-state index is 15.0. The fourth-order valence-electron chi connectivity index (χ4n) is 22.3. The number of thiazole rings is 1. The molecule has 0 amide bonds. The molecule has 2 spiro atoms. The number of ether oxygens (including phenoxy) is 1. The molecule has 2 unspecified atom stereocenters. The fraction of sp³-hybridized carbons (Fsp3) is 0.0720. The third kappa shape index (κ3) is 14.7. The Hall–Kier alpha value is -16.2. The summed E-state index contributed by atoms with van der Waals surface area (Å²) in [5, 5.41) is 4.69. The van der Waals surface area contributed by atoms with E-state index in [0.29, 0.717) is 24.5 Å². The zero-order chi connectivity index (χ0) is 93.4. The molecule has 3 aliphatic heterocycles. The average Bonchev–Trinajstić information content (AvgIpc) is 1.51. The minimum Gasteiger partial charge on any atom is -0.616 e. The third-order valence-corrected chi connectivity index (χ3v) is 31.2. The summed E-state index contributed by atoms with van der Waals surface area (Å²) in [6.45, 7) is 2.59. The van der Waals surface area contributed by atoms with E-state index in [0.717, 1.165) is 85.6 Å². The van der Waals surface area contributed by atoms with E-state index in [1.165, 1.54) is 143 Å². The molecule has 0 saturated carbocycles. The molecule has 2 atom stereocenters. The molecule has 2 radical (unpaired) electrons. The van der Waals surface area contributed by atoms with Crippen LogP contribution in [0.1, 0.15) is 78.5 Å². The summed E-state index contributed by atoms with van der Waals surface area (Å²) in [5.74, 6) is 4.92. The second kappa shape index (κ2) is 36.1. The highest BCUT2D eigenvalue weighted by atomic mass is 32.1. The highest BCUT2D eigenvalue weighted by Gasteiger charge is 2.56. The van der Waals surface area contributed by atoms with Crippen molar-refractivity contribution in [1.82, 2.24) is 9.97 Å². The number of carbonyl (C=O) groups excluding carboxylic acids is 1. The first kappa shape index (κ1) is 85.5. The van der Waals surface area contributed by atoms with E-state index in [-0.39, 0.29) is 11.7 Å². The van der Waals surface area contributed by atoms with Gasteiger partial charge in [-0.1, -0.05) is 339 Å². The summed E-state index contributed by atoms with van der Waals surface area (Å²) in [6, 6.07) is 152. The number of allylic oxidation sites excluding steroid dienone is 4. The van der Waals surface area contributed by atoms with E-state index in [1.807, 2.05) is 146 Å². The molecular weight excluding hydrogens is 1770 g/mol. The van der Waals surface area contributed by atoms with E-state index in [1.54, 1.807) is 0 Å². The number of anilines is 3. The molecule has 0 N–H and O–H groups in total. The predicted molar refractivity (Wildman–Crippen MR) is 564 cm³/mol. The largest absolute Gasteiger partial charge is 0.881 e. The second-order valence-electron chi connectivity index (χ2n) is 36.1. The van der Waals surface area contributed by atoms with E-state index < -0.39 is 42.6 Å². The molecule has 15 heteroatoms. The quantitative estimate of drug-likeness (QED) is 0.0662. The fourth-order valence-corrected chi connectivity index (χ4v) is 24.7. The maximum absolute atomic E-state index is 15.0.